The monoisotopic (exact) mass is 532 g/mol. The second-order valence-electron chi connectivity index (χ2n) is 10.3. The number of amides is 1. The quantitative estimate of drug-likeness (QED) is 0.493. The summed E-state index contributed by atoms with van der Waals surface area (Å²) in [4.78, 5) is 17.4. The molecule has 0 radical (unpaired) electrons. The van der Waals surface area contributed by atoms with Gasteiger partial charge >= 0.3 is 0 Å². The van der Waals surface area contributed by atoms with Crippen LogP contribution in [0.15, 0.2) is 47.4 Å². The zero-order valence-corrected chi connectivity index (χ0v) is 23.0. The highest BCUT2D eigenvalue weighted by Gasteiger charge is 2.31. The van der Waals surface area contributed by atoms with Crippen LogP contribution in [-0.4, -0.2) is 57.8 Å². The summed E-state index contributed by atoms with van der Waals surface area (Å²) in [5, 5.41) is 2.87. The zero-order valence-electron chi connectivity index (χ0n) is 21.4. The fourth-order valence-electron chi connectivity index (χ4n) is 4.86. The van der Waals surface area contributed by atoms with Crippen LogP contribution in [0.3, 0.4) is 0 Å². The van der Waals surface area contributed by atoms with Crippen molar-refractivity contribution < 1.29 is 13.2 Å². The molecule has 2 aromatic carbocycles. The molecule has 1 fully saturated rings. The van der Waals surface area contributed by atoms with Crippen LogP contribution in [0.5, 0.6) is 0 Å². The SMILES string of the molecule is CCN1CCN(c2ccc(NC(=O)C(C)(C)CCl)cc2S(=O)(=O)N[C@H]2CCCc3ccccc32)CC1. The smallest absolute Gasteiger partial charge is 0.243 e. The summed E-state index contributed by atoms with van der Waals surface area (Å²) in [7, 11) is -3.88. The van der Waals surface area contributed by atoms with Gasteiger partial charge in [0.25, 0.3) is 0 Å². The van der Waals surface area contributed by atoms with Gasteiger partial charge in [-0.25, -0.2) is 13.1 Å². The third-order valence-corrected chi connectivity index (χ3v) is 9.45. The first-order chi connectivity index (χ1) is 17.1. The van der Waals surface area contributed by atoms with Crippen LogP contribution in [0.4, 0.5) is 11.4 Å². The Balaban J connectivity index is 1.68. The number of alkyl halides is 1. The maximum Gasteiger partial charge on any atom is 0.243 e. The van der Waals surface area contributed by atoms with Gasteiger partial charge in [-0.05, 0) is 69.0 Å². The molecule has 0 aromatic heterocycles. The van der Waals surface area contributed by atoms with Gasteiger partial charge < -0.3 is 15.1 Å². The second-order valence-corrected chi connectivity index (χ2v) is 12.3. The summed E-state index contributed by atoms with van der Waals surface area (Å²) in [5.74, 6) is -0.0915. The summed E-state index contributed by atoms with van der Waals surface area (Å²) in [6.45, 7) is 9.87. The number of fused-ring (bicyclic) bond motifs is 1. The predicted molar refractivity (Wildman–Crippen MR) is 146 cm³/mol. The number of halogens is 1. The van der Waals surface area contributed by atoms with Gasteiger partial charge in [0.2, 0.25) is 15.9 Å². The van der Waals surface area contributed by atoms with Crippen molar-refractivity contribution in [1.29, 1.82) is 0 Å². The van der Waals surface area contributed by atoms with Gasteiger partial charge in [0.05, 0.1) is 11.1 Å². The predicted octanol–water partition coefficient (Wildman–Crippen LogP) is 4.39. The van der Waals surface area contributed by atoms with Crippen molar-refractivity contribution in [3.8, 4) is 0 Å². The lowest BCUT2D eigenvalue weighted by molar-refractivity contribution is -0.122. The van der Waals surface area contributed by atoms with Crippen molar-refractivity contribution in [3.63, 3.8) is 0 Å². The van der Waals surface area contributed by atoms with Crippen molar-refractivity contribution in [2.75, 3.05) is 48.8 Å². The first-order valence-electron chi connectivity index (χ1n) is 12.7. The molecule has 1 aliphatic heterocycles. The average molecular weight is 533 g/mol. The molecule has 36 heavy (non-hydrogen) atoms. The van der Waals surface area contributed by atoms with E-state index in [1.807, 2.05) is 24.3 Å². The first kappa shape index (κ1) is 26.9. The van der Waals surface area contributed by atoms with E-state index in [4.69, 9.17) is 11.6 Å². The highest BCUT2D eigenvalue weighted by molar-refractivity contribution is 7.89. The molecule has 2 N–H and O–H groups in total. The molecular formula is C27H37ClN4O3S. The number of rotatable bonds is 8. The fourth-order valence-corrected chi connectivity index (χ4v) is 6.48. The number of sulfonamides is 1. The van der Waals surface area contributed by atoms with Crippen molar-refractivity contribution in [2.45, 2.75) is 51.0 Å². The molecular weight excluding hydrogens is 496 g/mol. The Bertz CT molecular complexity index is 1190. The molecule has 2 aliphatic rings. The highest BCUT2D eigenvalue weighted by atomic mass is 35.5. The minimum Gasteiger partial charge on any atom is -0.368 e. The van der Waals surface area contributed by atoms with Gasteiger partial charge in [-0.1, -0.05) is 31.2 Å². The Morgan fingerprint density at radius 3 is 2.53 bits per heavy atom. The normalized spacial score (nSPS) is 19.1. The number of hydrogen-bond donors (Lipinski definition) is 2. The van der Waals surface area contributed by atoms with Crippen molar-refractivity contribution >= 4 is 38.9 Å². The van der Waals surface area contributed by atoms with Crippen LogP contribution >= 0.6 is 11.6 Å². The number of piperazine rings is 1. The van der Waals surface area contributed by atoms with Crippen LogP contribution in [0.2, 0.25) is 0 Å². The number of nitrogens with zero attached hydrogens (tertiary/aromatic N) is 2. The molecule has 1 saturated heterocycles. The minimum atomic E-state index is -3.88. The molecule has 1 heterocycles. The van der Waals surface area contributed by atoms with E-state index in [1.165, 1.54) is 5.56 Å². The largest absolute Gasteiger partial charge is 0.368 e. The van der Waals surface area contributed by atoms with E-state index < -0.39 is 15.4 Å². The number of aryl methyl sites for hydroxylation is 1. The summed E-state index contributed by atoms with van der Waals surface area (Å²) in [6.07, 6.45) is 2.64. The topological polar surface area (TPSA) is 81.8 Å². The van der Waals surface area contributed by atoms with Crippen LogP contribution in [0.1, 0.15) is 50.8 Å². The summed E-state index contributed by atoms with van der Waals surface area (Å²) >= 11 is 5.98. The molecule has 7 nitrogen and oxygen atoms in total. The third-order valence-electron chi connectivity index (χ3n) is 7.28. The van der Waals surface area contributed by atoms with Crippen molar-refractivity contribution in [3.05, 3.63) is 53.6 Å². The van der Waals surface area contributed by atoms with E-state index in [0.29, 0.717) is 11.4 Å². The molecule has 196 valence electrons. The molecule has 1 atom stereocenters. The second kappa shape index (κ2) is 11.1. The summed E-state index contributed by atoms with van der Waals surface area (Å²) in [5.41, 5.74) is 2.56. The summed E-state index contributed by atoms with van der Waals surface area (Å²) in [6, 6.07) is 12.9. The van der Waals surface area contributed by atoms with E-state index in [-0.39, 0.29) is 22.7 Å². The van der Waals surface area contributed by atoms with Crippen molar-refractivity contribution in [1.82, 2.24) is 9.62 Å². The van der Waals surface area contributed by atoms with Crippen molar-refractivity contribution in [2.24, 2.45) is 5.41 Å². The van der Waals surface area contributed by atoms with E-state index in [9.17, 15) is 13.2 Å². The molecule has 0 bridgehead atoms. The molecule has 0 saturated carbocycles. The van der Waals surface area contributed by atoms with Gasteiger partial charge in [-0.2, -0.15) is 0 Å². The molecule has 1 aliphatic carbocycles. The number of hydrogen-bond acceptors (Lipinski definition) is 5. The van der Waals surface area contributed by atoms with E-state index >= 15 is 0 Å². The average Bonchev–Trinajstić information content (AvgIpc) is 2.88. The number of benzene rings is 2. The third kappa shape index (κ3) is 5.88. The Labute approximate surface area is 220 Å². The number of likely N-dealkylation sites (N-methyl/N-ethyl adjacent to an activating group) is 1. The Kier molecular flexibility index (Phi) is 8.29. The molecule has 9 heteroatoms. The van der Waals surface area contributed by atoms with Gasteiger partial charge in [0.15, 0.2) is 0 Å². The van der Waals surface area contributed by atoms with Gasteiger partial charge in [-0.3, -0.25) is 4.79 Å². The maximum absolute atomic E-state index is 13.9. The van der Waals surface area contributed by atoms with Gasteiger partial charge in [-0.15, -0.1) is 11.6 Å². The number of anilines is 2. The Hall–Kier alpha value is -2.13. The fraction of sp³-hybridized carbons (Fsp3) is 0.519. The highest BCUT2D eigenvalue weighted by Crippen LogP contribution is 2.34. The molecule has 0 spiro atoms. The minimum absolute atomic E-state index is 0.159. The van der Waals surface area contributed by atoms with E-state index in [2.05, 4.69) is 32.8 Å². The molecule has 0 unspecified atom stereocenters. The van der Waals surface area contributed by atoms with Gasteiger partial charge in [0, 0.05) is 43.8 Å². The number of nitrogens with one attached hydrogen (secondary N) is 2. The standard InChI is InChI=1S/C27H37ClN4O3S/c1-4-31-14-16-32(17-15-31)24-13-12-21(29-26(33)27(2,3)19-28)18-25(24)36(34,35)30-23-11-7-9-20-8-5-6-10-22(20)23/h5-6,8,10,12-13,18,23,30H,4,7,9,11,14-17,19H2,1-3H3,(H,29,33)/t23-/m0/s1. The number of carbonyl (C=O) groups is 1. The molecule has 4 rings (SSSR count). The van der Waals surface area contributed by atoms with E-state index in [0.717, 1.165) is 57.5 Å². The lowest BCUT2D eigenvalue weighted by Crippen LogP contribution is -2.46. The first-order valence-corrected chi connectivity index (χ1v) is 14.8. The lowest BCUT2D eigenvalue weighted by Gasteiger charge is -2.36. The van der Waals surface area contributed by atoms with Gasteiger partial charge in [0.1, 0.15) is 4.90 Å². The lowest BCUT2D eigenvalue weighted by atomic mass is 9.88. The molecule has 2 aromatic rings. The Morgan fingerprint density at radius 2 is 1.83 bits per heavy atom. The van der Waals surface area contributed by atoms with Crippen LogP contribution in [0, 0.1) is 5.41 Å². The number of carbonyl (C=O) groups excluding carboxylic acids is 1. The van der Waals surface area contributed by atoms with E-state index in [1.54, 1.807) is 26.0 Å². The van der Waals surface area contributed by atoms with Crippen LogP contribution in [-0.2, 0) is 21.2 Å². The van der Waals surface area contributed by atoms with Crippen LogP contribution < -0.4 is 14.9 Å². The molecule has 1 amide bonds. The summed E-state index contributed by atoms with van der Waals surface area (Å²) < 4.78 is 30.8. The maximum atomic E-state index is 13.9. The Morgan fingerprint density at radius 1 is 1.11 bits per heavy atom. The zero-order chi connectivity index (χ0) is 25.9. The van der Waals surface area contributed by atoms with Crippen LogP contribution in [0.25, 0.3) is 0 Å².